The number of para-hydroxylation sites is 1. The van der Waals surface area contributed by atoms with E-state index in [0.29, 0.717) is 0 Å². The summed E-state index contributed by atoms with van der Waals surface area (Å²) in [6, 6.07) is 10.1. The van der Waals surface area contributed by atoms with E-state index in [1.807, 2.05) is 59.4 Å². The van der Waals surface area contributed by atoms with Gasteiger partial charge in [-0.25, -0.2) is 4.68 Å². The Kier molecular flexibility index (Phi) is 6.38. The van der Waals surface area contributed by atoms with Gasteiger partial charge in [-0.1, -0.05) is 18.2 Å². The average Bonchev–Trinajstić information content (AvgIpc) is 3.12. The third-order valence-electron chi connectivity index (χ3n) is 4.23. The lowest BCUT2D eigenvalue weighted by Gasteiger charge is -2.27. The van der Waals surface area contributed by atoms with Gasteiger partial charge in [0.2, 0.25) is 0 Å². The Morgan fingerprint density at radius 1 is 1.28 bits per heavy atom. The molecule has 1 N–H and O–H groups in total. The van der Waals surface area contributed by atoms with Crippen LogP contribution in [0.3, 0.4) is 0 Å². The quantitative estimate of drug-likeness (QED) is 0.789. The second-order valence-corrected chi connectivity index (χ2v) is 6.56. The standard InChI is InChI=1S/C18H25N5OS/c1-21(18(25)19-7-8-22-9-11-24-12-10-22)14-16-13-20-23(15-16)17-5-3-2-4-6-17/h2-6,13,15H,7-12,14H2,1H3,(H,19,25). The minimum absolute atomic E-state index is 0.732. The van der Waals surface area contributed by atoms with Crippen molar-refractivity contribution in [3.05, 3.63) is 48.3 Å². The van der Waals surface area contributed by atoms with E-state index >= 15 is 0 Å². The van der Waals surface area contributed by atoms with Crippen molar-refractivity contribution in [2.24, 2.45) is 0 Å². The maximum atomic E-state index is 5.49. The van der Waals surface area contributed by atoms with Gasteiger partial charge < -0.3 is 15.0 Å². The molecule has 1 aromatic carbocycles. The molecule has 2 aromatic rings. The molecule has 0 saturated carbocycles. The molecule has 3 rings (SSSR count). The highest BCUT2D eigenvalue weighted by Crippen LogP contribution is 2.09. The predicted octanol–water partition coefficient (Wildman–Crippen LogP) is 1.51. The van der Waals surface area contributed by atoms with Crippen molar-refractivity contribution < 1.29 is 4.74 Å². The van der Waals surface area contributed by atoms with Crippen LogP contribution < -0.4 is 5.32 Å². The van der Waals surface area contributed by atoms with Crippen LogP contribution >= 0.6 is 12.2 Å². The molecule has 0 bridgehead atoms. The summed E-state index contributed by atoms with van der Waals surface area (Å²) in [5.74, 6) is 0. The zero-order chi connectivity index (χ0) is 17.5. The summed E-state index contributed by atoms with van der Waals surface area (Å²) >= 11 is 5.49. The fourth-order valence-electron chi connectivity index (χ4n) is 2.79. The molecule has 0 amide bonds. The number of nitrogens with zero attached hydrogens (tertiary/aromatic N) is 4. The Morgan fingerprint density at radius 2 is 2.04 bits per heavy atom. The molecule has 25 heavy (non-hydrogen) atoms. The van der Waals surface area contributed by atoms with Gasteiger partial charge in [0.1, 0.15) is 0 Å². The molecule has 1 aliphatic heterocycles. The molecule has 7 heteroatoms. The number of aromatic nitrogens is 2. The Labute approximate surface area is 154 Å². The lowest BCUT2D eigenvalue weighted by atomic mass is 10.3. The first-order chi connectivity index (χ1) is 12.2. The van der Waals surface area contributed by atoms with Crippen LogP contribution in [0.25, 0.3) is 5.69 Å². The minimum Gasteiger partial charge on any atom is -0.379 e. The molecule has 1 aliphatic rings. The van der Waals surface area contributed by atoms with E-state index in [9.17, 15) is 0 Å². The number of benzene rings is 1. The molecule has 6 nitrogen and oxygen atoms in total. The van der Waals surface area contributed by atoms with Gasteiger partial charge in [0.25, 0.3) is 0 Å². The lowest BCUT2D eigenvalue weighted by Crippen LogP contribution is -2.43. The van der Waals surface area contributed by atoms with Crippen molar-refractivity contribution in [1.29, 1.82) is 0 Å². The summed E-state index contributed by atoms with van der Waals surface area (Å²) in [6.07, 6.45) is 3.93. The highest BCUT2D eigenvalue weighted by molar-refractivity contribution is 7.80. The Bertz CT molecular complexity index is 669. The van der Waals surface area contributed by atoms with Crippen LogP contribution in [0.2, 0.25) is 0 Å². The van der Waals surface area contributed by atoms with Gasteiger partial charge in [-0.05, 0) is 24.4 Å². The summed E-state index contributed by atoms with van der Waals surface area (Å²) in [7, 11) is 2.00. The Morgan fingerprint density at radius 3 is 2.80 bits per heavy atom. The summed E-state index contributed by atoms with van der Waals surface area (Å²) < 4.78 is 7.25. The van der Waals surface area contributed by atoms with Crippen LogP contribution in [-0.2, 0) is 11.3 Å². The first kappa shape index (κ1) is 17.8. The summed E-state index contributed by atoms with van der Waals surface area (Å²) in [5, 5.41) is 8.53. The topological polar surface area (TPSA) is 45.6 Å². The number of morpholine rings is 1. The van der Waals surface area contributed by atoms with Crippen molar-refractivity contribution in [2.75, 3.05) is 46.4 Å². The lowest BCUT2D eigenvalue weighted by molar-refractivity contribution is 0.0389. The van der Waals surface area contributed by atoms with Crippen LogP contribution in [0.4, 0.5) is 0 Å². The summed E-state index contributed by atoms with van der Waals surface area (Å²) in [6.45, 7) is 6.24. The normalized spacial score (nSPS) is 15.1. The van der Waals surface area contributed by atoms with Gasteiger partial charge in [0.15, 0.2) is 5.11 Å². The monoisotopic (exact) mass is 359 g/mol. The first-order valence-corrected chi connectivity index (χ1v) is 9.01. The number of hydrogen-bond acceptors (Lipinski definition) is 4. The van der Waals surface area contributed by atoms with Crippen molar-refractivity contribution in [2.45, 2.75) is 6.54 Å². The zero-order valence-corrected chi connectivity index (χ0v) is 15.4. The molecule has 134 valence electrons. The van der Waals surface area contributed by atoms with Crippen LogP contribution in [0.5, 0.6) is 0 Å². The van der Waals surface area contributed by atoms with E-state index in [4.69, 9.17) is 17.0 Å². The third-order valence-corrected chi connectivity index (χ3v) is 4.69. The van der Waals surface area contributed by atoms with Gasteiger partial charge in [-0.15, -0.1) is 0 Å². The van der Waals surface area contributed by atoms with E-state index in [2.05, 4.69) is 15.3 Å². The first-order valence-electron chi connectivity index (χ1n) is 8.60. The molecule has 0 unspecified atom stereocenters. The highest BCUT2D eigenvalue weighted by atomic mass is 32.1. The van der Waals surface area contributed by atoms with Crippen LogP contribution in [-0.4, -0.2) is 71.1 Å². The SMILES string of the molecule is CN(Cc1cnn(-c2ccccc2)c1)C(=S)NCCN1CCOCC1. The maximum Gasteiger partial charge on any atom is 0.169 e. The fraction of sp³-hybridized carbons (Fsp3) is 0.444. The average molecular weight is 359 g/mol. The van der Waals surface area contributed by atoms with Crippen molar-refractivity contribution in [1.82, 2.24) is 24.9 Å². The molecule has 1 aromatic heterocycles. The second kappa shape index (κ2) is 8.94. The highest BCUT2D eigenvalue weighted by Gasteiger charge is 2.11. The molecule has 0 atom stereocenters. The van der Waals surface area contributed by atoms with Gasteiger partial charge >= 0.3 is 0 Å². The van der Waals surface area contributed by atoms with Crippen LogP contribution in [0.15, 0.2) is 42.7 Å². The van der Waals surface area contributed by atoms with Crippen molar-refractivity contribution in [3.63, 3.8) is 0 Å². The smallest absolute Gasteiger partial charge is 0.169 e. The molecule has 0 aliphatic carbocycles. The van der Waals surface area contributed by atoms with E-state index in [1.165, 1.54) is 0 Å². The van der Waals surface area contributed by atoms with Crippen LogP contribution in [0.1, 0.15) is 5.56 Å². The molecular formula is C18H25N5OS. The van der Waals surface area contributed by atoms with Crippen molar-refractivity contribution in [3.8, 4) is 5.69 Å². The van der Waals surface area contributed by atoms with Gasteiger partial charge in [-0.2, -0.15) is 5.10 Å². The number of thiocarbonyl (C=S) groups is 1. The molecule has 0 radical (unpaired) electrons. The van der Waals surface area contributed by atoms with Gasteiger partial charge in [0.05, 0.1) is 25.1 Å². The molecule has 1 saturated heterocycles. The Balaban J connectivity index is 1.44. The van der Waals surface area contributed by atoms with E-state index in [1.54, 1.807) is 0 Å². The maximum absolute atomic E-state index is 5.49. The number of hydrogen-bond donors (Lipinski definition) is 1. The number of rotatable bonds is 6. The molecular weight excluding hydrogens is 334 g/mol. The summed E-state index contributed by atoms with van der Waals surface area (Å²) in [4.78, 5) is 4.43. The third kappa shape index (κ3) is 5.26. The van der Waals surface area contributed by atoms with Gasteiger partial charge in [0, 0.05) is 51.5 Å². The van der Waals surface area contributed by atoms with Crippen molar-refractivity contribution >= 4 is 17.3 Å². The number of nitrogens with one attached hydrogen (secondary N) is 1. The minimum atomic E-state index is 0.732. The van der Waals surface area contributed by atoms with E-state index in [-0.39, 0.29) is 0 Å². The van der Waals surface area contributed by atoms with E-state index in [0.717, 1.165) is 62.3 Å². The molecule has 1 fully saturated rings. The van der Waals surface area contributed by atoms with E-state index < -0.39 is 0 Å². The zero-order valence-electron chi connectivity index (χ0n) is 14.6. The molecule has 0 spiro atoms. The number of ether oxygens (including phenoxy) is 1. The molecule has 2 heterocycles. The summed E-state index contributed by atoms with van der Waals surface area (Å²) in [5.41, 5.74) is 2.19. The fourth-order valence-corrected chi connectivity index (χ4v) is 2.96. The predicted molar refractivity (Wildman–Crippen MR) is 103 cm³/mol. The largest absolute Gasteiger partial charge is 0.379 e. The second-order valence-electron chi connectivity index (χ2n) is 6.17. The Hall–Kier alpha value is -1.96. The van der Waals surface area contributed by atoms with Gasteiger partial charge in [-0.3, -0.25) is 4.90 Å². The van der Waals surface area contributed by atoms with Crippen LogP contribution in [0, 0.1) is 0 Å².